The standard InChI is InChI=1S/C26H33NO7/c1-6-11-33-12-13-34-26(30)21-16(3)27-18-14-15(2)20(25(29)32-5)24(28)23(18)22(21)17-9-7-8-10-19(17)31-4/h7-10,15,20,22,27H,6,11-14H2,1-5H3/t15-,20-,22+/m0/s1. The minimum atomic E-state index is -0.944. The molecular formula is C26H33NO7. The van der Waals surface area contributed by atoms with Gasteiger partial charge in [0.05, 0.1) is 32.3 Å². The third-order valence-corrected chi connectivity index (χ3v) is 6.22. The van der Waals surface area contributed by atoms with Gasteiger partial charge in [-0.3, -0.25) is 9.59 Å². The second-order valence-corrected chi connectivity index (χ2v) is 8.53. The fourth-order valence-corrected chi connectivity index (χ4v) is 4.68. The molecule has 8 nitrogen and oxygen atoms in total. The summed E-state index contributed by atoms with van der Waals surface area (Å²) in [7, 11) is 2.81. The van der Waals surface area contributed by atoms with Gasteiger partial charge >= 0.3 is 11.9 Å². The number of Topliss-reactive ketones (excluding diaryl/α,β-unsaturated/α-hetero) is 1. The zero-order valence-electron chi connectivity index (χ0n) is 20.4. The number of rotatable bonds is 9. The van der Waals surface area contributed by atoms with E-state index in [1.807, 2.05) is 32.0 Å². The monoisotopic (exact) mass is 471 g/mol. The van der Waals surface area contributed by atoms with Crippen LogP contribution in [-0.4, -0.2) is 51.8 Å². The van der Waals surface area contributed by atoms with Crippen LogP contribution in [0, 0.1) is 11.8 Å². The molecular weight excluding hydrogens is 438 g/mol. The van der Waals surface area contributed by atoms with Gasteiger partial charge in [0.25, 0.3) is 0 Å². The van der Waals surface area contributed by atoms with Gasteiger partial charge in [-0.1, -0.05) is 32.0 Å². The lowest BCUT2D eigenvalue weighted by atomic mass is 9.69. The summed E-state index contributed by atoms with van der Waals surface area (Å²) in [4.78, 5) is 39.5. The van der Waals surface area contributed by atoms with Gasteiger partial charge in [-0.2, -0.15) is 0 Å². The van der Waals surface area contributed by atoms with Crippen LogP contribution in [0.5, 0.6) is 5.75 Å². The Labute approximate surface area is 200 Å². The van der Waals surface area contributed by atoms with Crippen LogP contribution in [0.25, 0.3) is 0 Å². The summed E-state index contributed by atoms with van der Waals surface area (Å²) < 4.78 is 21.5. The normalized spacial score (nSPS) is 22.1. The number of ketones is 1. The summed E-state index contributed by atoms with van der Waals surface area (Å²) in [5, 5.41) is 3.25. The van der Waals surface area contributed by atoms with Gasteiger partial charge in [0.15, 0.2) is 5.78 Å². The molecule has 8 heteroatoms. The van der Waals surface area contributed by atoms with E-state index in [1.165, 1.54) is 14.2 Å². The number of methoxy groups -OCH3 is 2. The summed E-state index contributed by atoms with van der Waals surface area (Å²) >= 11 is 0. The number of hydrogen-bond acceptors (Lipinski definition) is 8. The molecule has 0 bridgehead atoms. The summed E-state index contributed by atoms with van der Waals surface area (Å²) in [6.07, 6.45) is 1.34. The number of ether oxygens (including phenoxy) is 4. The minimum absolute atomic E-state index is 0.0932. The van der Waals surface area contributed by atoms with Crippen molar-refractivity contribution in [1.29, 1.82) is 0 Å². The van der Waals surface area contributed by atoms with E-state index in [9.17, 15) is 14.4 Å². The molecule has 3 rings (SSSR count). The Bertz CT molecular complexity index is 1010. The molecule has 0 aromatic heterocycles. The number of esters is 2. The predicted molar refractivity (Wildman–Crippen MR) is 125 cm³/mol. The Morgan fingerprint density at radius 2 is 1.85 bits per heavy atom. The molecule has 0 fully saturated rings. The fraction of sp³-hybridized carbons (Fsp3) is 0.500. The van der Waals surface area contributed by atoms with E-state index in [1.54, 1.807) is 13.0 Å². The first kappa shape index (κ1) is 25.5. The maximum Gasteiger partial charge on any atom is 0.336 e. The highest BCUT2D eigenvalue weighted by Crippen LogP contribution is 2.47. The Kier molecular flexibility index (Phi) is 8.50. The highest BCUT2D eigenvalue weighted by Gasteiger charge is 2.47. The van der Waals surface area contributed by atoms with E-state index in [4.69, 9.17) is 18.9 Å². The average molecular weight is 472 g/mol. The van der Waals surface area contributed by atoms with E-state index in [-0.39, 0.29) is 24.9 Å². The number of nitrogens with one attached hydrogen (secondary N) is 1. The van der Waals surface area contributed by atoms with Crippen LogP contribution in [0.15, 0.2) is 46.8 Å². The zero-order valence-corrected chi connectivity index (χ0v) is 20.4. The van der Waals surface area contributed by atoms with Crippen molar-refractivity contribution in [2.45, 2.75) is 39.5 Å². The molecule has 1 aliphatic heterocycles. The zero-order chi connectivity index (χ0) is 24.8. The minimum Gasteiger partial charge on any atom is -0.496 e. The van der Waals surface area contributed by atoms with Gasteiger partial charge in [0.1, 0.15) is 18.3 Å². The molecule has 184 valence electrons. The molecule has 34 heavy (non-hydrogen) atoms. The quantitative estimate of drug-likeness (QED) is 0.333. The third kappa shape index (κ3) is 5.01. The van der Waals surface area contributed by atoms with E-state index in [2.05, 4.69) is 5.32 Å². The molecule has 1 N–H and O–H groups in total. The summed E-state index contributed by atoms with van der Waals surface area (Å²) in [5.41, 5.74) is 2.64. The first-order chi connectivity index (χ1) is 16.3. The van der Waals surface area contributed by atoms with Gasteiger partial charge < -0.3 is 24.3 Å². The second kappa shape index (κ2) is 11.3. The lowest BCUT2D eigenvalue weighted by Gasteiger charge is -2.38. The second-order valence-electron chi connectivity index (χ2n) is 8.53. The molecule has 1 aromatic carbocycles. The molecule has 0 amide bonds. The van der Waals surface area contributed by atoms with Crippen molar-refractivity contribution in [2.75, 3.05) is 34.0 Å². The van der Waals surface area contributed by atoms with E-state index < -0.39 is 23.8 Å². The van der Waals surface area contributed by atoms with E-state index >= 15 is 0 Å². The number of allylic oxidation sites excluding steroid dienone is 3. The highest BCUT2D eigenvalue weighted by atomic mass is 16.6. The SMILES string of the molecule is CCCOCCOC(=O)C1=C(C)NC2=C(C(=O)[C@@H](C(=O)OC)[C@@H](C)C2)[C@@H]1c1ccccc1OC. The van der Waals surface area contributed by atoms with Crippen LogP contribution in [0.2, 0.25) is 0 Å². The number of carbonyl (C=O) groups excluding carboxylic acids is 3. The van der Waals surface area contributed by atoms with Crippen molar-refractivity contribution in [1.82, 2.24) is 5.32 Å². The predicted octanol–water partition coefficient (Wildman–Crippen LogP) is 3.28. The maximum absolute atomic E-state index is 13.7. The highest BCUT2D eigenvalue weighted by molar-refractivity contribution is 6.12. The summed E-state index contributed by atoms with van der Waals surface area (Å²) in [5.74, 6) is -2.88. The molecule has 0 unspecified atom stereocenters. The van der Waals surface area contributed by atoms with Gasteiger partial charge in [-0.05, 0) is 31.7 Å². The van der Waals surface area contributed by atoms with Crippen molar-refractivity contribution in [2.24, 2.45) is 11.8 Å². The smallest absolute Gasteiger partial charge is 0.336 e. The van der Waals surface area contributed by atoms with Gasteiger partial charge in [0, 0.05) is 29.1 Å². The van der Waals surface area contributed by atoms with Crippen LogP contribution in [-0.2, 0) is 28.6 Å². The Hall–Kier alpha value is -3.13. The lowest BCUT2D eigenvalue weighted by Crippen LogP contribution is -2.43. The summed E-state index contributed by atoms with van der Waals surface area (Å²) in [6.45, 7) is 6.60. The number of para-hydroxylation sites is 1. The fourth-order valence-electron chi connectivity index (χ4n) is 4.68. The van der Waals surface area contributed by atoms with Crippen LogP contribution in [0.1, 0.15) is 45.1 Å². The molecule has 2 aliphatic rings. The van der Waals surface area contributed by atoms with Crippen molar-refractivity contribution in [3.05, 3.63) is 52.4 Å². The number of dihydropyridines is 1. The van der Waals surface area contributed by atoms with Crippen LogP contribution in [0.4, 0.5) is 0 Å². The van der Waals surface area contributed by atoms with Gasteiger partial charge in [-0.25, -0.2) is 4.79 Å². The molecule has 0 saturated heterocycles. The molecule has 1 heterocycles. The number of benzene rings is 1. The third-order valence-electron chi connectivity index (χ3n) is 6.22. The van der Waals surface area contributed by atoms with Crippen molar-refractivity contribution in [3.8, 4) is 5.75 Å². The Morgan fingerprint density at radius 3 is 2.53 bits per heavy atom. The molecule has 1 aromatic rings. The van der Waals surface area contributed by atoms with Crippen molar-refractivity contribution >= 4 is 17.7 Å². The molecule has 1 aliphatic carbocycles. The number of hydrogen-bond donors (Lipinski definition) is 1. The van der Waals surface area contributed by atoms with E-state index in [0.717, 1.165) is 6.42 Å². The van der Waals surface area contributed by atoms with Crippen molar-refractivity contribution in [3.63, 3.8) is 0 Å². The van der Waals surface area contributed by atoms with Crippen LogP contribution < -0.4 is 10.1 Å². The topological polar surface area (TPSA) is 100 Å². The first-order valence-corrected chi connectivity index (χ1v) is 11.6. The van der Waals surface area contributed by atoms with Gasteiger partial charge in [-0.15, -0.1) is 0 Å². The summed E-state index contributed by atoms with van der Waals surface area (Å²) in [6, 6.07) is 7.25. The van der Waals surface area contributed by atoms with E-state index in [0.29, 0.717) is 46.9 Å². The van der Waals surface area contributed by atoms with Crippen LogP contribution >= 0.6 is 0 Å². The Morgan fingerprint density at radius 1 is 1.12 bits per heavy atom. The number of carbonyl (C=O) groups is 3. The average Bonchev–Trinajstić information content (AvgIpc) is 2.82. The Balaban J connectivity index is 2.06. The largest absolute Gasteiger partial charge is 0.496 e. The van der Waals surface area contributed by atoms with Crippen molar-refractivity contribution < 1.29 is 33.3 Å². The van der Waals surface area contributed by atoms with Crippen LogP contribution in [0.3, 0.4) is 0 Å². The first-order valence-electron chi connectivity index (χ1n) is 11.6. The van der Waals surface area contributed by atoms with Gasteiger partial charge in [0.2, 0.25) is 0 Å². The molecule has 3 atom stereocenters. The molecule has 0 radical (unpaired) electrons. The molecule has 0 saturated carbocycles. The maximum atomic E-state index is 13.7. The lowest BCUT2D eigenvalue weighted by molar-refractivity contribution is -0.151. The molecule has 0 spiro atoms.